The van der Waals surface area contributed by atoms with Gasteiger partial charge in [-0.25, -0.2) is 4.98 Å². The normalized spacial score (nSPS) is 8.00. The Kier molecular flexibility index (Phi) is 4.37. The monoisotopic (exact) mass is 142 g/mol. The van der Waals surface area contributed by atoms with Crippen molar-refractivity contribution in [2.24, 2.45) is 0 Å². The Hall–Kier alpha value is -0.990. The fourth-order valence-electron chi connectivity index (χ4n) is 0.391. The van der Waals surface area contributed by atoms with E-state index in [9.17, 15) is 4.39 Å². The maximum Gasteiger partial charge on any atom is 0.234 e. The molecule has 0 aliphatic rings. The molecule has 0 fully saturated rings. The van der Waals surface area contributed by atoms with Gasteiger partial charge in [-0.1, -0.05) is 13.8 Å². The third-order valence-electron chi connectivity index (χ3n) is 0.821. The lowest BCUT2D eigenvalue weighted by Gasteiger charge is -1.87. The van der Waals surface area contributed by atoms with Crippen LogP contribution >= 0.6 is 0 Å². The summed E-state index contributed by atoms with van der Waals surface area (Å²) in [4.78, 5) is 6.99. The summed E-state index contributed by atoms with van der Waals surface area (Å²) in [6, 6.07) is 0. The zero-order valence-corrected chi connectivity index (χ0v) is 6.43. The van der Waals surface area contributed by atoms with Gasteiger partial charge in [-0.15, -0.1) is 0 Å². The van der Waals surface area contributed by atoms with Gasteiger partial charge in [-0.3, -0.25) is 4.98 Å². The van der Waals surface area contributed by atoms with Crippen LogP contribution in [0.3, 0.4) is 0 Å². The lowest BCUT2D eigenvalue weighted by atomic mass is 10.5. The molecule has 0 aliphatic heterocycles. The molecule has 0 unspecified atom stereocenters. The van der Waals surface area contributed by atoms with Crippen molar-refractivity contribution in [2.45, 2.75) is 20.8 Å². The molecule has 0 radical (unpaired) electrons. The van der Waals surface area contributed by atoms with Crippen LogP contribution in [0.1, 0.15) is 19.5 Å². The van der Waals surface area contributed by atoms with Gasteiger partial charge in [0.25, 0.3) is 0 Å². The number of halogens is 1. The first-order valence-electron chi connectivity index (χ1n) is 3.24. The summed E-state index contributed by atoms with van der Waals surface area (Å²) >= 11 is 0. The summed E-state index contributed by atoms with van der Waals surface area (Å²) in [7, 11) is 0. The van der Waals surface area contributed by atoms with Crippen LogP contribution in [0.15, 0.2) is 12.4 Å². The largest absolute Gasteiger partial charge is 0.255 e. The molecule has 0 saturated carbocycles. The summed E-state index contributed by atoms with van der Waals surface area (Å²) in [5, 5.41) is 0. The second kappa shape index (κ2) is 4.85. The molecule has 0 atom stereocenters. The van der Waals surface area contributed by atoms with Crippen molar-refractivity contribution in [3.63, 3.8) is 0 Å². The third-order valence-corrected chi connectivity index (χ3v) is 0.821. The minimum atomic E-state index is -0.493. The van der Waals surface area contributed by atoms with E-state index in [2.05, 4.69) is 9.97 Å². The number of rotatable bonds is 0. The highest BCUT2D eigenvalue weighted by Gasteiger charge is 1.92. The molecular formula is C7H11FN2. The predicted octanol–water partition coefficient (Wildman–Crippen LogP) is 1.95. The Labute approximate surface area is 60.1 Å². The quantitative estimate of drug-likeness (QED) is 0.553. The number of hydrogen-bond acceptors (Lipinski definition) is 2. The molecule has 1 aromatic heterocycles. The molecule has 0 N–H and O–H groups in total. The van der Waals surface area contributed by atoms with Crippen molar-refractivity contribution in [1.29, 1.82) is 0 Å². The van der Waals surface area contributed by atoms with Gasteiger partial charge < -0.3 is 0 Å². The average molecular weight is 142 g/mol. The molecule has 0 bridgehead atoms. The molecule has 56 valence electrons. The topological polar surface area (TPSA) is 25.8 Å². The van der Waals surface area contributed by atoms with E-state index >= 15 is 0 Å². The molecule has 1 heterocycles. The summed E-state index contributed by atoms with van der Waals surface area (Å²) in [5.41, 5.74) is 0.340. The van der Waals surface area contributed by atoms with E-state index in [0.717, 1.165) is 0 Å². The van der Waals surface area contributed by atoms with E-state index in [-0.39, 0.29) is 0 Å². The SMILES string of the molecule is CC.Cc1nccnc1F. The van der Waals surface area contributed by atoms with E-state index in [1.54, 1.807) is 6.92 Å². The molecule has 0 aliphatic carbocycles. The van der Waals surface area contributed by atoms with Crippen LogP contribution in [-0.4, -0.2) is 9.97 Å². The number of aryl methyl sites for hydroxylation is 1. The first kappa shape index (κ1) is 9.01. The van der Waals surface area contributed by atoms with Gasteiger partial charge in [0.05, 0.1) is 5.69 Å². The summed E-state index contributed by atoms with van der Waals surface area (Å²) in [5.74, 6) is -0.493. The molecular weight excluding hydrogens is 131 g/mol. The Balaban J connectivity index is 0.000000371. The first-order chi connectivity index (χ1) is 4.80. The lowest BCUT2D eigenvalue weighted by Crippen LogP contribution is -1.88. The van der Waals surface area contributed by atoms with Crippen LogP contribution < -0.4 is 0 Å². The second-order valence-electron chi connectivity index (χ2n) is 1.43. The van der Waals surface area contributed by atoms with Gasteiger partial charge in [0.15, 0.2) is 0 Å². The predicted molar refractivity (Wildman–Crippen MR) is 38.1 cm³/mol. The van der Waals surface area contributed by atoms with E-state index < -0.39 is 5.95 Å². The van der Waals surface area contributed by atoms with E-state index in [4.69, 9.17) is 0 Å². The van der Waals surface area contributed by atoms with Gasteiger partial charge in [0.1, 0.15) is 0 Å². The van der Waals surface area contributed by atoms with Crippen LogP contribution in [0.4, 0.5) is 4.39 Å². The molecule has 1 aromatic rings. The molecule has 1 rings (SSSR count). The van der Waals surface area contributed by atoms with Crippen LogP contribution in [-0.2, 0) is 0 Å². The Bertz CT molecular complexity index is 168. The van der Waals surface area contributed by atoms with Gasteiger partial charge in [-0.2, -0.15) is 4.39 Å². The van der Waals surface area contributed by atoms with E-state index in [1.807, 2.05) is 13.8 Å². The Morgan fingerprint density at radius 3 is 2.00 bits per heavy atom. The second-order valence-corrected chi connectivity index (χ2v) is 1.43. The zero-order chi connectivity index (χ0) is 7.98. The van der Waals surface area contributed by atoms with Crippen molar-refractivity contribution in [3.8, 4) is 0 Å². The third kappa shape index (κ3) is 2.53. The number of hydrogen-bond donors (Lipinski definition) is 0. The molecule has 0 saturated heterocycles. The van der Waals surface area contributed by atoms with E-state index in [1.165, 1.54) is 12.4 Å². The van der Waals surface area contributed by atoms with Crippen molar-refractivity contribution < 1.29 is 4.39 Å². The highest BCUT2D eigenvalue weighted by atomic mass is 19.1. The highest BCUT2D eigenvalue weighted by molar-refractivity contribution is 4.92. The first-order valence-corrected chi connectivity index (χ1v) is 3.24. The fraction of sp³-hybridized carbons (Fsp3) is 0.429. The van der Waals surface area contributed by atoms with Gasteiger partial charge in [0, 0.05) is 12.4 Å². The number of aromatic nitrogens is 2. The minimum absolute atomic E-state index is 0.340. The maximum absolute atomic E-state index is 12.1. The van der Waals surface area contributed by atoms with Gasteiger partial charge >= 0.3 is 0 Å². The van der Waals surface area contributed by atoms with Crippen LogP contribution in [0, 0.1) is 12.9 Å². The summed E-state index contributed by atoms with van der Waals surface area (Å²) in [6.45, 7) is 5.57. The van der Waals surface area contributed by atoms with Crippen LogP contribution in [0.25, 0.3) is 0 Å². The van der Waals surface area contributed by atoms with Gasteiger partial charge in [-0.05, 0) is 6.92 Å². The van der Waals surface area contributed by atoms with Crippen molar-refractivity contribution in [3.05, 3.63) is 24.0 Å². The molecule has 0 aromatic carbocycles. The summed E-state index contributed by atoms with van der Waals surface area (Å²) < 4.78 is 12.1. The van der Waals surface area contributed by atoms with Gasteiger partial charge in [0.2, 0.25) is 5.95 Å². The fourth-order valence-corrected chi connectivity index (χ4v) is 0.391. The number of nitrogens with zero attached hydrogens (tertiary/aromatic N) is 2. The molecule has 10 heavy (non-hydrogen) atoms. The Morgan fingerprint density at radius 2 is 1.70 bits per heavy atom. The molecule has 0 amide bonds. The molecule has 0 spiro atoms. The van der Waals surface area contributed by atoms with Crippen LogP contribution in [0.2, 0.25) is 0 Å². The standard InChI is InChI=1S/C5H5FN2.C2H6/c1-4-5(6)8-3-2-7-4;1-2/h2-3H,1H3;1-2H3. The summed E-state index contributed by atoms with van der Waals surface area (Å²) in [6.07, 6.45) is 2.78. The van der Waals surface area contributed by atoms with Crippen molar-refractivity contribution in [2.75, 3.05) is 0 Å². The van der Waals surface area contributed by atoms with E-state index in [0.29, 0.717) is 5.69 Å². The molecule has 3 heteroatoms. The smallest absolute Gasteiger partial charge is 0.234 e. The molecule has 2 nitrogen and oxygen atoms in total. The highest BCUT2D eigenvalue weighted by Crippen LogP contribution is 1.93. The Morgan fingerprint density at radius 1 is 1.20 bits per heavy atom. The van der Waals surface area contributed by atoms with Crippen molar-refractivity contribution >= 4 is 0 Å². The van der Waals surface area contributed by atoms with Crippen LogP contribution in [0.5, 0.6) is 0 Å². The maximum atomic E-state index is 12.1. The van der Waals surface area contributed by atoms with Crippen molar-refractivity contribution in [1.82, 2.24) is 9.97 Å². The average Bonchev–Trinajstić information content (AvgIpc) is 2.00. The zero-order valence-electron chi connectivity index (χ0n) is 6.43. The minimum Gasteiger partial charge on any atom is -0.255 e. The lowest BCUT2D eigenvalue weighted by molar-refractivity contribution is 0.565.